The number of benzene rings is 1. The van der Waals surface area contributed by atoms with Crippen LogP contribution < -0.4 is 14.8 Å². The zero-order valence-electron chi connectivity index (χ0n) is 15.8. The molecule has 0 unspecified atom stereocenters. The Labute approximate surface area is 165 Å². The van der Waals surface area contributed by atoms with Crippen LogP contribution in [0.25, 0.3) is 11.3 Å². The maximum atomic E-state index is 14.3. The van der Waals surface area contributed by atoms with Crippen LogP contribution in [0.2, 0.25) is 0 Å². The van der Waals surface area contributed by atoms with Gasteiger partial charge in [-0.3, -0.25) is 4.79 Å². The van der Waals surface area contributed by atoms with Gasteiger partial charge in [0.05, 0.1) is 43.3 Å². The van der Waals surface area contributed by atoms with Gasteiger partial charge in [-0.05, 0) is 35.9 Å². The third-order valence-corrected chi connectivity index (χ3v) is 4.71. The standard InChI is InChI=1S/C21H17F2N3O3/c1-28-17-7-6-12(25-21(17)29-2)8-11-9-15(19-13(22)4-3-5-14(19)23)26-16-10-24-20(27)18(11)16/h3-7,9H,8,10H2,1-2H3,(H,24,27). The number of fused-ring (bicyclic) bond motifs is 1. The Morgan fingerprint density at radius 1 is 1.03 bits per heavy atom. The topological polar surface area (TPSA) is 73.3 Å². The molecule has 0 spiro atoms. The smallest absolute Gasteiger partial charge is 0.256 e. The number of carbonyl (C=O) groups is 1. The zero-order valence-corrected chi connectivity index (χ0v) is 15.8. The number of pyridine rings is 2. The quantitative estimate of drug-likeness (QED) is 0.715. The highest BCUT2D eigenvalue weighted by molar-refractivity contribution is 5.99. The Hall–Kier alpha value is -3.55. The maximum absolute atomic E-state index is 14.3. The number of amides is 1. The highest BCUT2D eigenvalue weighted by Crippen LogP contribution is 2.31. The van der Waals surface area contributed by atoms with Gasteiger partial charge < -0.3 is 14.8 Å². The number of aromatic nitrogens is 2. The lowest BCUT2D eigenvalue weighted by Crippen LogP contribution is -2.14. The second-order valence-electron chi connectivity index (χ2n) is 6.46. The van der Waals surface area contributed by atoms with Gasteiger partial charge in [0.1, 0.15) is 11.6 Å². The summed E-state index contributed by atoms with van der Waals surface area (Å²) in [5.74, 6) is -0.929. The molecule has 1 aromatic carbocycles. The first-order valence-corrected chi connectivity index (χ1v) is 8.85. The van der Waals surface area contributed by atoms with Crippen LogP contribution in [-0.2, 0) is 13.0 Å². The van der Waals surface area contributed by atoms with Crippen molar-refractivity contribution in [3.63, 3.8) is 0 Å². The van der Waals surface area contributed by atoms with Crippen LogP contribution in [0.4, 0.5) is 8.78 Å². The summed E-state index contributed by atoms with van der Waals surface area (Å²) in [5, 5.41) is 2.71. The van der Waals surface area contributed by atoms with Crippen LogP contribution in [-0.4, -0.2) is 30.1 Å². The second kappa shape index (κ2) is 7.46. The van der Waals surface area contributed by atoms with Gasteiger partial charge in [0.25, 0.3) is 11.8 Å². The lowest BCUT2D eigenvalue weighted by atomic mass is 9.98. The van der Waals surface area contributed by atoms with Crippen molar-refractivity contribution < 1.29 is 23.0 Å². The summed E-state index contributed by atoms with van der Waals surface area (Å²) in [4.78, 5) is 21.0. The highest BCUT2D eigenvalue weighted by Gasteiger charge is 2.27. The number of halogens is 2. The molecule has 0 bridgehead atoms. The molecule has 148 valence electrons. The van der Waals surface area contributed by atoms with Crippen molar-refractivity contribution in [1.82, 2.24) is 15.3 Å². The molecule has 1 amide bonds. The summed E-state index contributed by atoms with van der Waals surface area (Å²) >= 11 is 0. The van der Waals surface area contributed by atoms with E-state index in [0.29, 0.717) is 34.1 Å². The predicted octanol–water partition coefficient (Wildman–Crippen LogP) is 3.27. The lowest BCUT2D eigenvalue weighted by molar-refractivity contribution is 0.0965. The fourth-order valence-corrected chi connectivity index (χ4v) is 3.38. The number of nitrogens with one attached hydrogen (secondary N) is 1. The summed E-state index contributed by atoms with van der Waals surface area (Å²) < 4.78 is 39.0. The molecule has 6 nitrogen and oxygen atoms in total. The van der Waals surface area contributed by atoms with Gasteiger partial charge in [-0.2, -0.15) is 0 Å². The summed E-state index contributed by atoms with van der Waals surface area (Å²) in [6.07, 6.45) is 0.252. The summed E-state index contributed by atoms with van der Waals surface area (Å²) in [7, 11) is 2.99. The number of nitrogens with zero attached hydrogens (tertiary/aromatic N) is 2. The molecule has 1 aliphatic rings. The molecule has 1 aliphatic heterocycles. The van der Waals surface area contributed by atoms with E-state index < -0.39 is 11.6 Å². The van der Waals surface area contributed by atoms with E-state index in [-0.39, 0.29) is 30.1 Å². The number of carbonyl (C=O) groups excluding carboxylic acids is 1. The monoisotopic (exact) mass is 397 g/mol. The van der Waals surface area contributed by atoms with Gasteiger partial charge in [0, 0.05) is 12.1 Å². The summed E-state index contributed by atoms with van der Waals surface area (Å²) in [6.45, 7) is 0.199. The van der Waals surface area contributed by atoms with Gasteiger partial charge in [-0.25, -0.2) is 18.7 Å². The Morgan fingerprint density at radius 3 is 2.48 bits per heavy atom. The van der Waals surface area contributed by atoms with E-state index in [9.17, 15) is 13.6 Å². The Kier molecular flexibility index (Phi) is 4.84. The average Bonchev–Trinajstić information content (AvgIpc) is 3.09. The SMILES string of the molecule is COc1ccc(Cc2cc(-c3c(F)cccc3F)nc3c2C(=O)NC3)nc1OC. The molecular formula is C21H17F2N3O3. The summed E-state index contributed by atoms with van der Waals surface area (Å²) in [6, 6.07) is 8.62. The molecule has 4 rings (SSSR count). The predicted molar refractivity (Wildman–Crippen MR) is 101 cm³/mol. The second-order valence-corrected chi connectivity index (χ2v) is 6.46. The van der Waals surface area contributed by atoms with Crippen LogP contribution >= 0.6 is 0 Å². The number of rotatable bonds is 5. The minimum absolute atomic E-state index is 0.131. The first-order chi connectivity index (χ1) is 14.0. The summed E-state index contributed by atoms with van der Waals surface area (Å²) in [5.41, 5.74) is 1.94. The molecule has 3 aromatic rings. The number of ether oxygens (including phenoxy) is 2. The average molecular weight is 397 g/mol. The van der Waals surface area contributed by atoms with E-state index >= 15 is 0 Å². The third-order valence-electron chi connectivity index (χ3n) is 4.71. The van der Waals surface area contributed by atoms with E-state index in [1.165, 1.54) is 38.5 Å². The largest absolute Gasteiger partial charge is 0.491 e. The molecule has 0 saturated heterocycles. The van der Waals surface area contributed by atoms with E-state index in [0.717, 1.165) is 0 Å². The fraction of sp³-hybridized carbons (Fsp3) is 0.190. The normalized spacial score (nSPS) is 12.5. The van der Waals surface area contributed by atoms with Gasteiger partial charge >= 0.3 is 0 Å². The van der Waals surface area contributed by atoms with Crippen LogP contribution in [0.5, 0.6) is 11.6 Å². The number of hydrogen-bond donors (Lipinski definition) is 1. The highest BCUT2D eigenvalue weighted by atomic mass is 19.1. The first-order valence-electron chi connectivity index (χ1n) is 8.85. The Bertz CT molecular complexity index is 1100. The van der Waals surface area contributed by atoms with Crippen molar-refractivity contribution in [1.29, 1.82) is 0 Å². The molecule has 0 radical (unpaired) electrons. The molecule has 29 heavy (non-hydrogen) atoms. The Balaban J connectivity index is 1.83. The molecule has 0 fully saturated rings. The molecule has 1 N–H and O–H groups in total. The van der Waals surface area contributed by atoms with E-state index in [4.69, 9.17) is 9.47 Å². The van der Waals surface area contributed by atoms with Crippen molar-refractivity contribution in [2.24, 2.45) is 0 Å². The van der Waals surface area contributed by atoms with E-state index in [2.05, 4.69) is 15.3 Å². The molecule has 0 saturated carbocycles. The van der Waals surface area contributed by atoms with Gasteiger partial charge in [0.2, 0.25) is 0 Å². The van der Waals surface area contributed by atoms with Gasteiger partial charge in [-0.1, -0.05) is 6.07 Å². The molecule has 0 aliphatic carbocycles. The maximum Gasteiger partial charge on any atom is 0.256 e. The molecule has 8 heteroatoms. The van der Waals surface area contributed by atoms with Crippen molar-refractivity contribution in [3.05, 3.63) is 70.5 Å². The van der Waals surface area contributed by atoms with Crippen molar-refractivity contribution in [2.45, 2.75) is 13.0 Å². The fourth-order valence-electron chi connectivity index (χ4n) is 3.38. The van der Waals surface area contributed by atoms with E-state index in [1.807, 2.05) is 0 Å². The van der Waals surface area contributed by atoms with Crippen LogP contribution in [0.3, 0.4) is 0 Å². The molecule has 2 aromatic heterocycles. The number of methoxy groups -OCH3 is 2. The first kappa shape index (κ1) is 18.8. The molecule has 3 heterocycles. The Morgan fingerprint density at radius 2 is 1.79 bits per heavy atom. The lowest BCUT2D eigenvalue weighted by Gasteiger charge is -2.12. The van der Waals surface area contributed by atoms with Crippen molar-refractivity contribution in [3.8, 4) is 22.9 Å². The molecule has 0 atom stereocenters. The minimum Gasteiger partial charge on any atom is -0.491 e. The van der Waals surface area contributed by atoms with Crippen molar-refractivity contribution in [2.75, 3.05) is 14.2 Å². The van der Waals surface area contributed by atoms with Crippen LogP contribution in [0.15, 0.2) is 36.4 Å². The van der Waals surface area contributed by atoms with Crippen molar-refractivity contribution >= 4 is 5.91 Å². The molecular weight excluding hydrogens is 380 g/mol. The minimum atomic E-state index is -0.718. The van der Waals surface area contributed by atoms with Gasteiger partial charge in [0.15, 0.2) is 5.75 Å². The zero-order chi connectivity index (χ0) is 20.5. The van der Waals surface area contributed by atoms with Crippen LogP contribution in [0.1, 0.15) is 27.3 Å². The van der Waals surface area contributed by atoms with Crippen LogP contribution in [0, 0.1) is 11.6 Å². The van der Waals surface area contributed by atoms with Gasteiger partial charge in [-0.15, -0.1) is 0 Å². The third kappa shape index (κ3) is 3.37. The van der Waals surface area contributed by atoms with E-state index in [1.54, 1.807) is 12.1 Å². The number of hydrogen-bond acceptors (Lipinski definition) is 5.